The highest BCUT2D eigenvalue weighted by molar-refractivity contribution is 6.83. The van der Waals surface area contributed by atoms with Crippen LogP contribution in [0.1, 0.15) is 36.8 Å². The molecule has 0 aliphatic heterocycles. The normalized spacial score (nSPS) is 12.4. The van der Waals surface area contributed by atoms with Crippen molar-refractivity contribution in [1.82, 2.24) is 0 Å². The van der Waals surface area contributed by atoms with Crippen molar-refractivity contribution >= 4 is 14.0 Å². The van der Waals surface area contributed by atoms with E-state index in [1.807, 2.05) is 24.3 Å². The van der Waals surface area contributed by atoms with Crippen molar-refractivity contribution in [2.24, 2.45) is 5.73 Å². The van der Waals surface area contributed by atoms with Crippen LogP contribution in [0.2, 0.25) is 19.6 Å². The average molecular weight is 273 g/mol. The number of amides is 1. The Labute approximate surface area is 117 Å². The third-order valence-corrected chi connectivity index (χ3v) is 3.69. The molecule has 1 aromatic rings. The number of carbonyl (C=O) groups excluding carboxylic acids is 1. The molecule has 3 heteroatoms. The van der Waals surface area contributed by atoms with E-state index >= 15 is 0 Å². The number of carbonyl (C=O) groups is 1. The minimum atomic E-state index is -1.34. The first-order valence-corrected chi connectivity index (χ1v) is 10.3. The van der Waals surface area contributed by atoms with Crippen LogP contribution in [0.4, 0.5) is 0 Å². The number of hydrogen-bond donors (Lipinski definition) is 1. The predicted octanol–water partition coefficient (Wildman–Crippen LogP) is 3.28. The van der Waals surface area contributed by atoms with Crippen molar-refractivity contribution in [3.63, 3.8) is 0 Å². The van der Waals surface area contributed by atoms with Crippen LogP contribution < -0.4 is 5.73 Å². The summed E-state index contributed by atoms with van der Waals surface area (Å²) in [5.74, 6) is 2.78. The first-order valence-electron chi connectivity index (χ1n) is 6.76. The smallest absolute Gasteiger partial charge is 0.224 e. The van der Waals surface area contributed by atoms with Crippen molar-refractivity contribution in [2.75, 3.05) is 0 Å². The van der Waals surface area contributed by atoms with Crippen LogP contribution >= 0.6 is 0 Å². The Morgan fingerprint density at radius 1 is 1.26 bits per heavy atom. The highest BCUT2D eigenvalue weighted by atomic mass is 28.3. The van der Waals surface area contributed by atoms with E-state index in [9.17, 15) is 4.79 Å². The third-order valence-electron chi connectivity index (χ3n) is 2.82. The fourth-order valence-electron chi connectivity index (χ4n) is 1.82. The summed E-state index contributed by atoms with van der Waals surface area (Å²) in [6, 6.07) is 7.90. The standard InChI is InChI=1S/C16H23NOSi/c1-5-6-15(16(17)18)14-9-7-13(8-10-14)11-12-19(2,3)4/h7-10,15H,5-6H2,1-4H3,(H2,17,18). The molecule has 0 saturated heterocycles. The van der Waals surface area contributed by atoms with Gasteiger partial charge in [0.05, 0.1) is 5.92 Å². The van der Waals surface area contributed by atoms with Crippen LogP contribution in [0.15, 0.2) is 24.3 Å². The molecule has 102 valence electrons. The van der Waals surface area contributed by atoms with Crippen LogP contribution in [0.5, 0.6) is 0 Å². The lowest BCUT2D eigenvalue weighted by molar-refractivity contribution is -0.119. The van der Waals surface area contributed by atoms with Gasteiger partial charge >= 0.3 is 0 Å². The van der Waals surface area contributed by atoms with Crippen LogP contribution in [-0.2, 0) is 4.79 Å². The molecule has 0 aliphatic carbocycles. The van der Waals surface area contributed by atoms with E-state index in [-0.39, 0.29) is 11.8 Å². The van der Waals surface area contributed by atoms with E-state index in [4.69, 9.17) is 5.73 Å². The van der Waals surface area contributed by atoms with Gasteiger partial charge in [0, 0.05) is 5.56 Å². The van der Waals surface area contributed by atoms with Gasteiger partial charge in [0.1, 0.15) is 8.07 Å². The molecular weight excluding hydrogens is 250 g/mol. The Hall–Kier alpha value is -1.53. The molecule has 1 amide bonds. The van der Waals surface area contributed by atoms with Gasteiger partial charge in [-0.1, -0.05) is 51.0 Å². The van der Waals surface area contributed by atoms with Gasteiger partial charge in [-0.15, -0.1) is 5.54 Å². The molecule has 0 aromatic heterocycles. The van der Waals surface area contributed by atoms with Crippen LogP contribution in [0.25, 0.3) is 0 Å². The summed E-state index contributed by atoms with van der Waals surface area (Å²) < 4.78 is 0. The number of benzene rings is 1. The van der Waals surface area contributed by atoms with Gasteiger partial charge in [-0.2, -0.15) is 0 Å². The van der Waals surface area contributed by atoms with E-state index in [1.54, 1.807) is 0 Å². The average Bonchev–Trinajstić information content (AvgIpc) is 2.33. The van der Waals surface area contributed by atoms with Crippen LogP contribution in [0, 0.1) is 11.5 Å². The summed E-state index contributed by atoms with van der Waals surface area (Å²) in [5.41, 5.74) is 10.8. The highest BCUT2D eigenvalue weighted by Crippen LogP contribution is 2.21. The Balaban J connectivity index is 2.91. The molecule has 0 spiro atoms. The zero-order chi connectivity index (χ0) is 14.5. The molecule has 1 aromatic carbocycles. The minimum Gasteiger partial charge on any atom is -0.369 e. The zero-order valence-electron chi connectivity index (χ0n) is 12.3. The van der Waals surface area contributed by atoms with Gasteiger partial charge in [-0.3, -0.25) is 4.79 Å². The Morgan fingerprint density at radius 3 is 2.26 bits per heavy atom. The summed E-state index contributed by atoms with van der Waals surface area (Å²) in [6.07, 6.45) is 1.75. The van der Waals surface area contributed by atoms with Crippen molar-refractivity contribution in [1.29, 1.82) is 0 Å². The second-order valence-corrected chi connectivity index (χ2v) is 10.6. The van der Waals surface area contributed by atoms with Gasteiger partial charge < -0.3 is 5.73 Å². The SMILES string of the molecule is CCCC(C(N)=O)c1ccc(C#C[Si](C)(C)C)cc1. The minimum absolute atomic E-state index is 0.177. The number of hydrogen-bond acceptors (Lipinski definition) is 1. The van der Waals surface area contributed by atoms with Crippen LogP contribution in [0.3, 0.4) is 0 Å². The quantitative estimate of drug-likeness (QED) is 0.664. The molecule has 0 bridgehead atoms. The third kappa shape index (κ3) is 5.31. The molecular formula is C16H23NOSi. The van der Waals surface area contributed by atoms with E-state index in [1.165, 1.54) is 0 Å². The molecule has 2 nitrogen and oxygen atoms in total. The fourth-order valence-corrected chi connectivity index (χ4v) is 2.34. The van der Waals surface area contributed by atoms with Gasteiger partial charge in [0.15, 0.2) is 0 Å². The Bertz CT molecular complexity index is 488. The molecule has 0 heterocycles. The lowest BCUT2D eigenvalue weighted by Crippen LogP contribution is -2.21. The maximum atomic E-state index is 11.4. The maximum absolute atomic E-state index is 11.4. The first kappa shape index (κ1) is 15.5. The fraction of sp³-hybridized carbons (Fsp3) is 0.438. The summed E-state index contributed by atoms with van der Waals surface area (Å²) >= 11 is 0. The number of nitrogens with two attached hydrogens (primary N) is 1. The topological polar surface area (TPSA) is 43.1 Å². The highest BCUT2D eigenvalue weighted by Gasteiger charge is 2.16. The second kappa shape index (κ2) is 6.58. The first-order chi connectivity index (χ1) is 8.83. The zero-order valence-corrected chi connectivity index (χ0v) is 13.3. The van der Waals surface area contributed by atoms with Gasteiger partial charge in [-0.25, -0.2) is 0 Å². The molecule has 19 heavy (non-hydrogen) atoms. The van der Waals surface area contributed by atoms with Gasteiger partial charge in [0.2, 0.25) is 5.91 Å². The molecule has 0 aliphatic rings. The lowest BCUT2D eigenvalue weighted by Gasteiger charge is -2.12. The van der Waals surface area contributed by atoms with Crippen molar-refractivity contribution in [3.8, 4) is 11.5 Å². The van der Waals surface area contributed by atoms with E-state index in [2.05, 4.69) is 38.0 Å². The van der Waals surface area contributed by atoms with Crippen molar-refractivity contribution in [2.45, 2.75) is 45.3 Å². The molecule has 0 fully saturated rings. The summed E-state index contributed by atoms with van der Waals surface area (Å²) in [4.78, 5) is 11.4. The Morgan fingerprint density at radius 2 is 1.84 bits per heavy atom. The lowest BCUT2D eigenvalue weighted by atomic mass is 9.93. The Kier molecular flexibility index (Phi) is 5.38. The van der Waals surface area contributed by atoms with E-state index in [0.717, 1.165) is 24.0 Å². The van der Waals surface area contributed by atoms with Gasteiger partial charge in [0.25, 0.3) is 0 Å². The number of primary amides is 1. The summed E-state index contributed by atoms with van der Waals surface area (Å²) in [7, 11) is -1.34. The summed E-state index contributed by atoms with van der Waals surface area (Å²) in [6.45, 7) is 8.72. The molecule has 0 radical (unpaired) electrons. The molecule has 1 unspecified atom stereocenters. The van der Waals surface area contributed by atoms with Crippen LogP contribution in [-0.4, -0.2) is 14.0 Å². The largest absolute Gasteiger partial charge is 0.369 e. The maximum Gasteiger partial charge on any atom is 0.224 e. The molecule has 2 N–H and O–H groups in total. The molecule has 0 saturated carbocycles. The van der Waals surface area contributed by atoms with Crippen molar-refractivity contribution < 1.29 is 4.79 Å². The van der Waals surface area contributed by atoms with Crippen molar-refractivity contribution in [3.05, 3.63) is 35.4 Å². The monoisotopic (exact) mass is 273 g/mol. The van der Waals surface area contributed by atoms with E-state index in [0.29, 0.717) is 0 Å². The molecule has 1 rings (SSSR count). The van der Waals surface area contributed by atoms with Gasteiger partial charge in [-0.05, 0) is 24.1 Å². The molecule has 1 atom stereocenters. The number of rotatable bonds is 4. The second-order valence-electron chi connectivity index (χ2n) is 5.87. The summed E-state index contributed by atoms with van der Waals surface area (Å²) in [5, 5.41) is 0. The van der Waals surface area contributed by atoms with E-state index < -0.39 is 8.07 Å². The predicted molar refractivity (Wildman–Crippen MR) is 83.5 cm³/mol.